The Bertz CT molecular complexity index is 1250. The minimum atomic E-state index is -1.05. The van der Waals surface area contributed by atoms with Crippen molar-refractivity contribution in [3.8, 4) is 0 Å². The van der Waals surface area contributed by atoms with Gasteiger partial charge in [0.1, 0.15) is 11.4 Å². The lowest BCUT2D eigenvalue weighted by molar-refractivity contribution is 0.00760. The average Bonchev–Trinajstić information content (AvgIpc) is 3.10. The maximum absolute atomic E-state index is 13.6. The number of nitrogens with zero attached hydrogens (tertiary/aromatic N) is 1. The second-order valence-electron chi connectivity index (χ2n) is 9.20. The summed E-state index contributed by atoms with van der Waals surface area (Å²) in [5.74, 6) is -2.77. The molecule has 2 heterocycles. The summed E-state index contributed by atoms with van der Waals surface area (Å²) in [6.07, 6.45) is 3.19. The number of hydrogen-bond acceptors (Lipinski definition) is 3. The van der Waals surface area contributed by atoms with Crippen molar-refractivity contribution in [2.24, 2.45) is 5.41 Å². The average molecular weight is 456 g/mol. The van der Waals surface area contributed by atoms with E-state index in [4.69, 9.17) is 4.42 Å². The van der Waals surface area contributed by atoms with E-state index in [1.54, 1.807) is 11.8 Å². The molecule has 8 heteroatoms. The largest absolute Gasteiger partial charge is 0.451 e. The summed E-state index contributed by atoms with van der Waals surface area (Å²) < 4.78 is 45.7. The Morgan fingerprint density at radius 1 is 1.03 bits per heavy atom. The van der Waals surface area contributed by atoms with E-state index in [0.29, 0.717) is 29.6 Å². The SMILES string of the molecule is Cc1c(C(=O)N2CCC3(CC2)CC(NC(=O)c2ccc(F)c(F)c2)C3)oc2ccc(F)cc12. The molecular formula is C25H23F3N2O3. The predicted molar refractivity (Wildman–Crippen MR) is 115 cm³/mol. The van der Waals surface area contributed by atoms with Crippen LogP contribution in [-0.4, -0.2) is 35.8 Å². The van der Waals surface area contributed by atoms with E-state index < -0.39 is 17.5 Å². The summed E-state index contributed by atoms with van der Waals surface area (Å²) in [6, 6.07) is 7.29. The number of nitrogens with one attached hydrogen (secondary N) is 1. The molecule has 3 aromatic rings. The Morgan fingerprint density at radius 2 is 1.76 bits per heavy atom. The van der Waals surface area contributed by atoms with Gasteiger partial charge in [0.25, 0.3) is 11.8 Å². The molecule has 2 fully saturated rings. The van der Waals surface area contributed by atoms with E-state index in [1.807, 2.05) is 0 Å². The summed E-state index contributed by atoms with van der Waals surface area (Å²) in [6.45, 7) is 2.91. The number of rotatable bonds is 3. The maximum Gasteiger partial charge on any atom is 0.289 e. The minimum absolute atomic E-state index is 0.0274. The molecule has 1 aromatic heterocycles. The van der Waals surface area contributed by atoms with Crippen molar-refractivity contribution in [1.29, 1.82) is 0 Å². The van der Waals surface area contributed by atoms with Gasteiger partial charge in [0.2, 0.25) is 0 Å². The number of benzene rings is 2. The molecule has 5 nitrogen and oxygen atoms in total. The molecule has 0 unspecified atom stereocenters. The van der Waals surface area contributed by atoms with Crippen molar-refractivity contribution < 1.29 is 27.2 Å². The van der Waals surface area contributed by atoms with Crippen LogP contribution in [0.2, 0.25) is 0 Å². The molecule has 2 aliphatic rings. The van der Waals surface area contributed by atoms with Gasteiger partial charge in [-0.3, -0.25) is 9.59 Å². The smallest absolute Gasteiger partial charge is 0.289 e. The van der Waals surface area contributed by atoms with Crippen molar-refractivity contribution >= 4 is 22.8 Å². The highest BCUT2D eigenvalue weighted by atomic mass is 19.2. The van der Waals surface area contributed by atoms with E-state index in [-0.39, 0.29) is 34.5 Å². The van der Waals surface area contributed by atoms with Gasteiger partial charge in [-0.25, -0.2) is 13.2 Å². The molecule has 0 radical (unpaired) electrons. The molecule has 1 N–H and O–H groups in total. The molecule has 2 aromatic carbocycles. The number of amides is 2. The molecule has 5 rings (SSSR count). The van der Waals surface area contributed by atoms with Crippen LogP contribution in [0.15, 0.2) is 40.8 Å². The Kier molecular flexibility index (Phi) is 5.18. The highest BCUT2D eigenvalue weighted by Gasteiger charge is 2.47. The fourth-order valence-corrected chi connectivity index (χ4v) is 5.13. The number of carbonyl (C=O) groups excluding carboxylic acids is 2. The normalized spacial score (nSPS) is 17.9. The standard InChI is InChI=1S/C25H23F3N2O3/c1-14-18-11-16(26)3-5-21(18)33-22(14)24(32)30-8-6-25(7-9-30)12-17(13-25)29-23(31)15-2-4-19(27)20(28)10-15/h2-5,10-11,17H,6-9,12-13H2,1H3,(H,29,31). The molecule has 1 spiro atoms. The molecule has 1 aliphatic heterocycles. The molecule has 2 amide bonds. The molecule has 0 bridgehead atoms. The van der Waals surface area contributed by atoms with Gasteiger partial charge in [-0.2, -0.15) is 0 Å². The second-order valence-corrected chi connectivity index (χ2v) is 9.20. The summed E-state index contributed by atoms with van der Waals surface area (Å²) in [7, 11) is 0. The number of aryl methyl sites for hydroxylation is 1. The third-order valence-corrected chi connectivity index (χ3v) is 7.08. The van der Waals surface area contributed by atoms with Crippen LogP contribution in [0, 0.1) is 29.8 Å². The lowest BCUT2D eigenvalue weighted by Crippen LogP contribution is -2.55. The van der Waals surface area contributed by atoms with E-state index >= 15 is 0 Å². The lowest BCUT2D eigenvalue weighted by atomic mass is 9.60. The van der Waals surface area contributed by atoms with Gasteiger partial charge in [0.05, 0.1) is 0 Å². The molecule has 1 aliphatic carbocycles. The van der Waals surface area contributed by atoms with Gasteiger partial charge in [0.15, 0.2) is 17.4 Å². The number of carbonyl (C=O) groups is 2. The number of piperidine rings is 1. The van der Waals surface area contributed by atoms with E-state index in [2.05, 4.69) is 5.32 Å². The van der Waals surface area contributed by atoms with E-state index in [0.717, 1.165) is 37.8 Å². The molecule has 172 valence electrons. The fourth-order valence-electron chi connectivity index (χ4n) is 5.13. The number of halogens is 3. The zero-order valence-electron chi connectivity index (χ0n) is 18.1. The molecule has 0 atom stereocenters. The van der Waals surface area contributed by atoms with E-state index in [1.165, 1.54) is 24.3 Å². The van der Waals surface area contributed by atoms with Crippen molar-refractivity contribution in [2.45, 2.75) is 38.6 Å². The van der Waals surface area contributed by atoms with Crippen molar-refractivity contribution in [3.05, 3.63) is 70.7 Å². The van der Waals surface area contributed by atoms with Crippen LogP contribution in [-0.2, 0) is 0 Å². The van der Waals surface area contributed by atoms with Crippen LogP contribution < -0.4 is 5.32 Å². The first-order chi connectivity index (χ1) is 15.7. The zero-order chi connectivity index (χ0) is 23.3. The van der Waals surface area contributed by atoms with E-state index in [9.17, 15) is 22.8 Å². The van der Waals surface area contributed by atoms with Gasteiger partial charge in [0, 0.05) is 35.6 Å². The molecular weight excluding hydrogens is 433 g/mol. The Morgan fingerprint density at radius 3 is 2.45 bits per heavy atom. The topological polar surface area (TPSA) is 62.6 Å². The quantitative estimate of drug-likeness (QED) is 0.605. The van der Waals surface area contributed by atoms with Crippen molar-refractivity contribution in [2.75, 3.05) is 13.1 Å². The predicted octanol–water partition coefficient (Wildman–Crippen LogP) is 4.97. The van der Waals surface area contributed by atoms with Crippen molar-refractivity contribution in [3.63, 3.8) is 0 Å². The lowest BCUT2D eigenvalue weighted by Gasteiger charge is -2.52. The monoisotopic (exact) mass is 456 g/mol. The summed E-state index contributed by atoms with van der Waals surface area (Å²) >= 11 is 0. The number of furan rings is 1. The first-order valence-electron chi connectivity index (χ1n) is 11.0. The number of fused-ring (bicyclic) bond motifs is 1. The first kappa shape index (κ1) is 21.6. The van der Waals surface area contributed by atoms with Gasteiger partial charge in [-0.05, 0) is 74.4 Å². The Labute approximate surface area is 188 Å². The summed E-state index contributed by atoms with van der Waals surface area (Å²) in [5, 5.41) is 3.49. The number of likely N-dealkylation sites (tertiary alicyclic amines) is 1. The van der Waals surface area contributed by atoms with Crippen molar-refractivity contribution in [1.82, 2.24) is 10.2 Å². The Hall–Kier alpha value is -3.29. The zero-order valence-corrected chi connectivity index (χ0v) is 18.1. The molecule has 1 saturated heterocycles. The highest BCUT2D eigenvalue weighted by molar-refractivity contribution is 5.99. The van der Waals surface area contributed by atoms with Crippen LogP contribution >= 0.6 is 0 Å². The fraction of sp³-hybridized carbons (Fsp3) is 0.360. The van der Waals surface area contributed by atoms with Gasteiger partial charge >= 0.3 is 0 Å². The maximum atomic E-state index is 13.6. The molecule has 33 heavy (non-hydrogen) atoms. The van der Waals surface area contributed by atoms with Crippen LogP contribution in [0.3, 0.4) is 0 Å². The van der Waals surface area contributed by atoms with Crippen LogP contribution in [0.25, 0.3) is 11.0 Å². The second kappa shape index (κ2) is 7.93. The van der Waals surface area contributed by atoms with Gasteiger partial charge in [-0.15, -0.1) is 0 Å². The highest BCUT2D eigenvalue weighted by Crippen LogP contribution is 2.49. The third-order valence-electron chi connectivity index (χ3n) is 7.08. The van der Waals surface area contributed by atoms with Gasteiger partial charge < -0.3 is 14.6 Å². The molecule has 1 saturated carbocycles. The third kappa shape index (κ3) is 3.87. The summed E-state index contributed by atoms with van der Waals surface area (Å²) in [4.78, 5) is 27.1. The van der Waals surface area contributed by atoms with Crippen LogP contribution in [0.1, 0.15) is 52.2 Å². The number of hydrogen-bond donors (Lipinski definition) is 1. The minimum Gasteiger partial charge on any atom is -0.451 e. The van der Waals surface area contributed by atoms with Crippen LogP contribution in [0.5, 0.6) is 0 Å². The first-order valence-corrected chi connectivity index (χ1v) is 11.0. The summed E-state index contributed by atoms with van der Waals surface area (Å²) in [5.41, 5.74) is 1.29. The Balaban J connectivity index is 1.17. The van der Waals surface area contributed by atoms with Gasteiger partial charge in [-0.1, -0.05) is 0 Å². The van der Waals surface area contributed by atoms with Crippen LogP contribution in [0.4, 0.5) is 13.2 Å².